The molecule has 1 aromatic carbocycles. The van der Waals surface area contributed by atoms with Crippen LogP contribution in [-0.2, 0) is 9.59 Å². The van der Waals surface area contributed by atoms with E-state index in [0.29, 0.717) is 24.9 Å². The standard InChI is InChI=1S/C16H14FNO5/c1-9(19)22-15-13(21)14(10-4-6-11(17)7-5-10)23-16(15)18-8-2-3-12(18)20/h4-7,21H,2-3,8H2,1H3. The third kappa shape index (κ3) is 2.77. The molecule has 1 saturated heterocycles. The van der Waals surface area contributed by atoms with Crippen LogP contribution in [0.1, 0.15) is 19.8 Å². The van der Waals surface area contributed by atoms with Gasteiger partial charge in [0.2, 0.25) is 17.4 Å². The third-order valence-electron chi connectivity index (χ3n) is 3.49. The molecule has 6 nitrogen and oxygen atoms in total. The number of carbonyl (C=O) groups excluding carboxylic acids is 2. The van der Waals surface area contributed by atoms with Gasteiger partial charge in [0.15, 0.2) is 5.76 Å². The number of anilines is 1. The van der Waals surface area contributed by atoms with Crippen LogP contribution in [-0.4, -0.2) is 23.5 Å². The molecule has 0 bridgehead atoms. The minimum absolute atomic E-state index is 0.0101. The van der Waals surface area contributed by atoms with Gasteiger partial charge in [-0.2, -0.15) is 0 Å². The van der Waals surface area contributed by atoms with Crippen molar-refractivity contribution in [2.75, 3.05) is 11.4 Å². The fourth-order valence-corrected chi connectivity index (χ4v) is 2.47. The number of halogens is 1. The summed E-state index contributed by atoms with van der Waals surface area (Å²) >= 11 is 0. The maximum absolute atomic E-state index is 13.0. The molecule has 0 aliphatic carbocycles. The molecule has 7 heteroatoms. The summed E-state index contributed by atoms with van der Waals surface area (Å²) < 4.78 is 23.6. The molecule has 1 amide bonds. The van der Waals surface area contributed by atoms with Gasteiger partial charge in [-0.15, -0.1) is 0 Å². The van der Waals surface area contributed by atoms with Gasteiger partial charge in [0.25, 0.3) is 5.88 Å². The second kappa shape index (κ2) is 5.75. The fraction of sp³-hybridized carbons (Fsp3) is 0.250. The van der Waals surface area contributed by atoms with E-state index in [1.165, 1.54) is 36.1 Å². The fourth-order valence-electron chi connectivity index (χ4n) is 2.47. The smallest absolute Gasteiger partial charge is 0.308 e. The van der Waals surface area contributed by atoms with Gasteiger partial charge in [0.1, 0.15) is 5.82 Å². The van der Waals surface area contributed by atoms with Crippen molar-refractivity contribution >= 4 is 17.8 Å². The molecule has 2 aromatic rings. The second-order valence-electron chi connectivity index (χ2n) is 5.16. The molecule has 1 aromatic heterocycles. The van der Waals surface area contributed by atoms with Crippen LogP contribution in [0.2, 0.25) is 0 Å². The van der Waals surface area contributed by atoms with E-state index in [1.807, 2.05) is 0 Å². The van der Waals surface area contributed by atoms with Gasteiger partial charge in [-0.05, 0) is 30.7 Å². The lowest BCUT2D eigenvalue weighted by Crippen LogP contribution is -2.24. The molecular formula is C16H14FNO5. The Bertz CT molecular complexity index is 766. The summed E-state index contributed by atoms with van der Waals surface area (Å²) in [6.45, 7) is 1.59. The topological polar surface area (TPSA) is 80.0 Å². The van der Waals surface area contributed by atoms with Gasteiger partial charge in [0.05, 0.1) is 0 Å². The van der Waals surface area contributed by atoms with Crippen molar-refractivity contribution in [1.29, 1.82) is 0 Å². The molecule has 1 aliphatic heterocycles. The summed E-state index contributed by atoms with van der Waals surface area (Å²) in [5.41, 5.74) is 0.398. The monoisotopic (exact) mass is 319 g/mol. The number of nitrogens with zero attached hydrogens (tertiary/aromatic N) is 1. The lowest BCUT2D eigenvalue weighted by atomic mass is 10.1. The normalized spacial score (nSPS) is 14.3. The number of esters is 1. The Balaban J connectivity index is 2.11. The zero-order valence-electron chi connectivity index (χ0n) is 12.3. The molecule has 120 valence electrons. The van der Waals surface area contributed by atoms with Crippen LogP contribution < -0.4 is 9.64 Å². The number of rotatable bonds is 3. The van der Waals surface area contributed by atoms with Gasteiger partial charge >= 0.3 is 5.97 Å². The zero-order valence-corrected chi connectivity index (χ0v) is 12.3. The van der Waals surface area contributed by atoms with Crippen molar-refractivity contribution in [3.63, 3.8) is 0 Å². The Hall–Kier alpha value is -2.83. The van der Waals surface area contributed by atoms with Crippen molar-refractivity contribution in [3.05, 3.63) is 30.1 Å². The van der Waals surface area contributed by atoms with Crippen LogP contribution in [0.4, 0.5) is 10.3 Å². The molecule has 0 radical (unpaired) electrons. The summed E-state index contributed by atoms with van der Waals surface area (Å²) in [5.74, 6) is -1.88. The third-order valence-corrected chi connectivity index (χ3v) is 3.49. The van der Waals surface area contributed by atoms with Crippen molar-refractivity contribution in [1.82, 2.24) is 0 Å². The first-order valence-corrected chi connectivity index (χ1v) is 7.08. The van der Waals surface area contributed by atoms with Crippen LogP contribution in [0, 0.1) is 5.82 Å². The van der Waals surface area contributed by atoms with E-state index in [-0.39, 0.29) is 23.3 Å². The maximum atomic E-state index is 13.0. The number of hydrogen-bond acceptors (Lipinski definition) is 5. The lowest BCUT2D eigenvalue weighted by Gasteiger charge is -2.13. The molecule has 0 saturated carbocycles. The van der Waals surface area contributed by atoms with Gasteiger partial charge in [-0.25, -0.2) is 4.39 Å². The molecule has 0 unspecified atom stereocenters. The summed E-state index contributed by atoms with van der Waals surface area (Å²) in [6.07, 6.45) is 0.999. The largest absolute Gasteiger partial charge is 0.502 e. The first-order chi connectivity index (χ1) is 11.0. The van der Waals surface area contributed by atoms with Crippen molar-refractivity contribution in [3.8, 4) is 22.8 Å². The highest BCUT2D eigenvalue weighted by atomic mass is 19.1. The molecule has 0 atom stereocenters. The molecule has 2 heterocycles. The number of hydrogen-bond donors (Lipinski definition) is 1. The average molecular weight is 319 g/mol. The van der Waals surface area contributed by atoms with Crippen molar-refractivity contribution in [2.45, 2.75) is 19.8 Å². The van der Waals surface area contributed by atoms with E-state index in [2.05, 4.69) is 0 Å². The Kier molecular flexibility index (Phi) is 3.77. The highest BCUT2D eigenvalue weighted by molar-refractivity contribution is 5.97. The van der Waals surface area contributed by atoms with E-state index >= 15 is 0 Å². The van der Waals surface area contributed by atoms with Crippen molar-refractivity contribution in [2.24, 2.45) is 0 Å². The van der Waals surface area contributed by atoms with E-state index in [9.17, 15) is 19.1 Å². The van der Waals surface area contributed by atoms with Crippen LogP contribution >= 0.6 is 0 Å². The van der Waals surface area contributed by atoms with E-state index < -0.39 is 17.5 Å². The highest BCUT2D eigenvalue weighted by Crippen LogP contribution is 2.48. The maximum Gasteiger partial charge on any atom is 0.308 e. The Morgan fingerprint density at radius 1 is 1.35 bits per heavy atom. The van der Waals surface area contributed by atoms with Gasteiger partial charge < -0.3 is 14.3 Å². The molecule has 1 aliphatic rings. The number of ether oxygens (including phenoxy) is 1. The quantitative estimate of drug-likeness (QED) is 0.880. The first-order valence-electron chi connectivity index (χ1n) is 7.08. The highest BCUT2D eigenvalue weighted by Gasteiger charge is 2.33. The average Bonchev–Trinajstić information content (AvgIpc) is 3.05. The van der Waals surface area contributed by atoms with Gasteiger partial charge in [0, 0.05) is 25.5 Å². The molecule has 3 rings (SSSR count). The Morgan fingerprint density at radius 2 is 2.04 bits per heavy atom. The zero-order chi connectivity index (χ0) is 16.6. The number of benzene rings is 1. The minimum Gasteiger partial charge on any atom is -0.502 e. The van der Waals surface area contributed by atoms with Crippen LogP contribution in [0.25, 0.3) is 11.3 Å². The summed E-state index contributed by atoms with van der Waals surface area (Å²) in [6, 6.07) is 5.26. The predicted molar refractivity (Wildman–Crippen MR) is 78.7 cm³/mol. The Labute approximate surface area is 131 Å². The first kappa shape index (κ1) is 15.1. The minimum atomic E-state index is -0.653. The number of carbonyl (C=O) groups is 2. The van der Waals surface area contributed by atoms with Gasteiger partial charge in [-0.1, -0.05) is 0 Å². The summed E-state index contributed by atoms with van der Waals surface area (Å²) in [4.78, 5) is 24.5. The van der Waals surface area contributed by atoms with E-state index in [4.69, 9.17) is 9.15 Å². The molecule has 0 spiro atoms. The summed E-state index contributed by atoms with van der Waals surface area (Å²) in [5, 5.41) is 10.3. The number of aromatic hydroxyl groups is 1. The molecule has 1 fully saturated rings. The predicted octanol–water partition coefficient (Wildman–Crippen LogP) is 2.84. The molecule has 1 N–H and O–H groups in total. The second-order valence-corrected chi connectivity index (χ2v) is 5.16. The summed E-state index contributed by atoms with van der Waals surface area (Å²) in [7, 11) is 0. The van der Waals surface area contributed by atoms with Crippen LogP contribution in [0.3, 0.4) is 0 Å². The van der Waals surface area contributed by atoms with E-state index in [0.717, 1.165) is 0 Å². The lowest BCUT2D eigenvalue weighted by molar-refractivity contribution is -0.132. The molecular weight excluding hydrogens is 305 g/mol. The SMILES string of the molecule is CC(=O)Oc1c(N2CCCC2=O)oc(-c2ccc(F)cc2)c1O. The Morgan fingerprint density at radius 3 is 2.61 bits per heavy atom. The number of furan rings is 1. The molecule has 23 heavy (non-hydrogen) atoms. The van der Waals surface area contributed by atoms with Crippen LogP contribution in [0.5, 0.6) is 11.5 Å². The van der Waals surface area contributed by atoms with E-state index in [1.54, 1.807) is 0 Å². The van der Waals surface area contributed by atoms with Crippen LogP contribution in [0.15, 0.2) is 28.7 Å². The van der Waals surface area contributed by atoms with Gasteiger partial charge in [-0.3, -0.25) is 14.5 Å². The van der Waals surface area contributed by atoms with Crippen molar-refractivity contribution < 1.29 is 28.2 Å². The number of amides is 1.